The summed E-state index contributed by atoms with van der Waals surface area (Å²) in [5.41, 5.74) is -0.0932. The maximum absolute atomic E-state index is 11.2. The summed E-state index contributed by atoms with van der Waals surface area (Å²) >= 11 is 0. The van der Waals surface area contributed by atoms with Crippen molar-refractivity contribution in [2.45, 2.75) is 37.6 Å². The fourth-order valence-corrected chi connectivity index (χ4v) is 3.96. The lowest BCUT2D eigenvalue weighted by Gasteiger charge is -2.39. The Morgan fingerprint density at radius 1 is 1.17 bits per heavy atom. The van der Waals surface area contributed by atoms with Gasteiger partial charge in [-0.25, -0.2) is 9.59 Å². The highest BCUT2D eigenvalue weighted by molar-refractivity contribution is 5.58. The van der Waals surface area contributed by atoms with Crippen LogP contribution in [0.2, 0.25) is 0 Å². The summed E-state index contributed by atoms with van der Waals surface area (Å²) in [6, 6.07) is 9.57. The van der Waals surface area contributed by atoms with Gasteiger partial charge < -0.3 is 19.7 Å². The van der Waals surface area contributed by atoms with Crippen molar-refractivity contribution in [3.63, 3.8) is 0 Å². The Kier molecular flexibility index (Phi) is 4.12. The van der Waals surface area contributed by atoms with Gasteiger partial charge in [0.05, 0.1) is 5.92 Å². The quantitative estimate of drug-likeness (QED) is 0.565. The molecule has 1 aromatic carbocycles. The highest BCUT2D eigenvalue weighted by Crippen LogP contribution is 2.52. The van der Waals surface area contributed by atoms with Gasteiger partial charge in [0.1, 0.15) is 6.10 Å². The minimum absolute atomic E-state index is 0.201. The van der Waals surface area contributed by atoms with E-state index in [1.165, 1.54) is 0 Å². The third-order valence-electron chi connectivity index (χ3n) is 4.75. The van der Waals surface area contributed by atoms with Crippen LogP contribution in [0.3, 0.4) is 0 Å². The first-order chi connectivity index (χ1) is 11.0. The lowest BCUT2D eigenvalue weighted by Crippen LogP contribution is -2.56. The Morgan fingerprint density at radius 2 is 1.91 bits per heavy atom. The molecule has 4 atom stereocenters. The van der Waals surface area contributed by atoms with Gasteiger partial charge in [-0.05, 0) is 24.3 Å². The third-order valence-corrected chi connectivity index (χ3v) is 4.75. The molecule has 0 aromatic heterocycles. The number of fused-ring (bicyclic) bond motifs is 2. The molecule has 2 aliphatic carbocycles. The number of hydrogen-bond donors (Lipinski definition) is 3. The SMILES string of the molecule is O=C(O)OC1CC2CC1C(NCc1ccccc1)(OC(=O)O)C2. The summed E-state index contributed by atoms with van der Waals surface area (Å²) < 4.78 is 10.1. The molecule has 124 valence electrons. The monoisotopic (exact) mass is 321 g/mol. The van der Waals surface area contributed by atoms with Crippen LogP contribution < -0.4 is 5.32 Å². The van der Waals surface area contributed by atoms with Crippen molar-refractivity contribution in [1.82, 2.24) is 5.32 Å². The van der Waals surface area contributed by atoms with E-state index in [4.69, 9.17) is 19.7 Å². The van der Waals surface area contributed by atoms with Crippen LogP contribution in [0.4, 0.5) is 9.59 Å². The van der Waals surface area contributed by atoms with Gasteiger partial charge in [-0.1, -0.05) is 30.3 Å². The van der Waals surface area contributed by atoms with E-state index in [1.807, 2.05) is 30.3 Å². The van der Waals surface area contributed by atoms with Crippen LogP contribution in [0.25, 0.3) is 0 Å². The van der Waals surface area contributed by atoms with E-state index in [0.717, 1.165) is 5.56 Å². The molecule has 4 unspecified atom stereocenters. The summed E-state index contributed by atoms with van der Waals surface area (Å²) in [5.74, 6) is -0.101. The first-order valence-corrected chi connectivity index (χ1v) is 7.59. The number of benzene rings is 1. The molecule has 3 rings (SSSR count). The fraction of sp³-hybridized carbons (Fsp3) is 0.500. The summed E-state index contributed by atoms with van der Waals surface area (Å²) in [5, 5.41) is 21.2. The molecule has 7 nitrogen and oxygen atoms in total. The van der Waals surface area contributed by atoms with Gasteiger partial charge in [0, 0.05) is 13.0 Å². The maximum Gasteiger partial charge on any atom is 0.507 e. The van der Waals surface area contributed by atoms with E-state index in [0.29, 0.717) is 25.8 Å². The number of ether oxygens (including phenoxy) is 2. The summed E-state index contributed by atoms with van der Waals surface area (Å²) in [4.78, 5) is 22.0. The molecule has 3 N–H and O–H groups in total. The average molecular weight is 321 g/mol. The van der Waals surface area contributed by atoms with E-state index in [2.05, 4.69) is 5.32 Å². The van der Waals surface area contributed by atoms with E-state index < -0.39 is 24.1 Å². The highest BCUT2D eigenvalue weighted by atomic mass is 16.7. The fourth-order valence-electron chi connectivity index (χ4n) is 3.96. The minimum atomic E-state index is -1.37. The number of rotatable bonds is 5. The standard InChI is InChI=1S/C16H19NO6/c18-14(19)22-13-7-11-6-12(13)16(8-11,23-15(20)21)17-9-10-4-2-1-3-5-10/h1-5,11-13,17H,6-9H2,(H,18,19)(H,20,21). The molecule has 2 saturated carbocycles. The lowest BCUT2D eigenvalue weighted by molar-refractivity contribution is -0.114. The van der Waals surface area contributed by atoms with E-state index in [1.54, 1.807) is 0 Å². The maximum atomic E-state index is 11.2. The van der Waals surface area contributed by atoms with Crippen LogP contribution in [0.15, 0.2) is 30.3 Å². The Balaban J connectivity index is 1.77. The van der Waals surface area contributed by atoms with Gasteiger partial charge in [0.25, 0.3) is 0 Å². The van der Waals surface area contributed by atoms with Gasteiger partial charge in [-0.15, -0.1) is 0 Å². The van der Waals surface area contributed by atoms with Crippen LogP contribution >= 0.6 is 0 Å². The van der Waals surface area contributed by atoms with Crippen LogP contribution in [-0.2, 0) is 16.0 Å². The molecule has 2 aliphatic rings. The second-order valence-corrected chi connectivity index (χ2v) is 6.17. The molecule has 0 radical (unpaired) electrons. The van der Waals surface area contributed by atoms with Crippen molar-refractivity contribution < 1.29 is 29.3 Å². The molecule has 1 aromatic rings. The second-order valence-electron chi connectivity index (χ2n) is 6.17. The number of hydrogen-bond acceptors (Lipinski definition) is 5. The van der Waals surface area contributed by atoms with Gasteiger partial charge >= 0.3 is 12.3 Å². The molecule has 2 fully saturated rings. The molecule has 0 saturated heterocycles. The highest BCUT2D eigenvalue weighted by Gasteiger charge is 2.59. The number of carbonyl (C=O) groups is 2. The van der Waals surface area contributed by atoms with Crippen LogP contribution in [0, 0.1) is 11.8 Å². The zero-order valence-corrected chi connectivity index (χ0v) is 12.5. The van der Waals surface area contributed by atoms with Crippen LogP contribution in [0.5, 0.6) is 0 Å². The van der Waals surface area contributed by atoms with Crippen molar-refractivity contribution in [3.05, 3.63) is 35.9 Å². The van der Waals surface area contributed by atoms with Gasteiger partial charge in [-0.2, -0.15) is 0 Å². The molecule has 0 spiro atoms. The van der Waals surface area contributed by atoms with Crippen LogP contribution in [-0.4, -0.2) is 34.4 Å². The molecule has 7 heteroatoms. The first kappa shape index (κ1) is 15.6. The van der Waals surface area contributed by atoms with Gasteiger partial charge in [0.2, 0.25) is 0 Å². The Morgan fingerprint density at radius 3 is 2.52 bits per heavy atom. The van der Waals surface area contributed by atoms with Crippen molar-refractivity contribution in [2.75, 3.05) is 0 Å². The molecule has 2 bridgehead atoms. The van der Waals surface area contributed by atoms with Crippen molar-refractivity contribution in [1.29, 1.82) is 0 Å². The topological polar surface area (TPSA) is 105 Å². The Labute approximate surface area is 133 Å². The van der Waals surface area contributed by atoms with Crippen molar-refractivity contribution in [3.8, 4) is 0 Å². The Bertz CT molecular complexity index is 591. The Hall–Kier alpha value is -2.28. The molecule has 0 aliphatic heterocycles. The largest absolute Gasteiger partial charge is 0.507 e. The number of nitrogens with one attached hydrogen (secondary N) is 1. The summed E-state index contributed by atoms with van der Waals surface area (Å²) in [6.45, 7) is 0.442. The number of carboxylic acid groups (broad SMARTS) is 2. The predicted octanol–water partition coefficient (Wildman–Crippen LogP) is 2.66. The van der Waals surface area contributed by atoms with Crippen molar-refractivity contribution >= 4 is 12.3 Å². The average Bonchev–Trinajstić information content (AvgIpc) is 3.02. The van der Waals surface area contributed by atoms with Gasteiger partial charge in [0.15, 0.2) is 5.72 Å². The van der Waals surface area contributed by atoms with E-state index >= 15 is 0 Å². The minimum Gasteiger partial charge on any atom is -0.450 e. The first-order valence-electron chi connectivity index (χ1n) is 7.59. The molecular formula is C16H19NO6. The second kappa shape index (κ2) is 6.08. The summed E-state index contributed by atoms with van der Waals surface area (Å²) in [6.07, 6.45) is -1.38. The molecule has 0 heterocycles. The van der Waals surface area contributed by atoms with Crippen molar-refractivity contribution in [2.24, 2.45) is 11.8 Å². The van der Waals surface area contributed by atoms with Gasteiger partial charge in [-0.3, -0.25) is 5.32 Å². The zero-order valence-electron chi connectivity index (χ0n) is 12.5. The zero-order chi connectivity index (χ0) is 16.4. The predicted molar refractivity (Wildman–Crippen MR) is 78.9 cm³/mol. The molecule has 23 heavy (non-hydrogen) atoms. The van der Waals surface area contributed by atoms with Crippen LogP contribution in [0.1, 0.15) is 24.8 Å². The third kappa shape index (κ3) is 3.24. The van der Waals surface area contributed by atoms with E-state index in [-0.39, 0.29) is 11.8 Å². The molecular weight excluding hydrogens is 302 g/mol. The van der Waals surface area contributed by atoms with E-state index in [9.17, 15) is 9.59 Å². The lowest BCUT2D eigenvalue weighted by atomic mass is 9.88. The normalized spacial score (nSPS) is 31.7. The smallest absolute Gasteiger partial charge is 0.450 e. The molecule has 0 amide bonds. The summed E-state index contributed by atoms with van der Waals surface area (Å²) in [7, 11) is 0.